The van der Waals surface area contributed by atoms with Crippen molar-refractivity contribution in [1.82, 2.24) is 5.32 Å². The Hall–Kier alpha value is -2.80. The lowest BCUT2D eigenvalue weighted by atomic mass is 9.99. The molecule has 5 nitrogen and oxygen atoms in total. The summed E-state index contributed by atoms with van der Waals surface area (Å²) in [5.41, 5.74) is 2.78. The largest absolute Gasteiger partial charge is 0.457 e. The van der Waals surface area contributed by atoms with E-state index < -0.39 is 0 Å². The lowest BCUT2D eigenvalue weighted by molar-refractivity contribution is -0.115. The van der Waals surface area contributed by atoms with Gasteiger partial charge in [-0.05, 0) is 91.7 Å². The Morgan fingerprint density at radius 2 is 1.74 bits per heavy atom. The third-order valence-corrected chi connectivity index (χ3v) is 6.32. The zero-order chi connectivity index (χ0) is 24.1. The number of halogens is 2. The Kier molecular flexibility index (Phi) is 7.93. The maximum absolute atomic E-state index is 12.3. The van der Waals surface area contributed by atoms with Gasteiger partial charge in [0, 0.05) is 46.1 Å². The van der Waals surface area contributed by atoms with E-state index in [9.17, 15) is 4.79 Å². The molecule has 0 saturated carbocycles. The summed E-state index contributed by atoms with van der Waals surface area (Å²) in [6.45, 7) is 4.47. The second-order valence-electron chi connectivity index (χ2n) is 8.35. The molecule has 1 saturated heterocycles. The van der Waals surface area contributed by atoms with Crippen LogP contribution in [0.4, 0.5) is 11.4 Å². The zero-order valence-electron chi connectivity index (χ0n) is 18.7. The average molecular weight is 514 g/mol. The van der Waals surface area contributed by atoms with Crippen molar-refractivity contribution in [2.45, 2.75) is 19.8 Å². The number of furan rings is 1. The normalized spacial score (nSPS) is 14.4. The molecule has 34 heavy (non-hydrogen) atoms. The van der Waals surface area contributed by atoms with E-state index >= 15 is 0 Å². The molecule has 1 fully saturated rings. The number of hydrogen-bond acceptors (Lipinski definition) is 4. The van der Waals surface area contributed by atoms with Gasteiger partial charge < -0.3 is 14.6 Å². The van der Waals surface area contributed by atoms with E-state index in [1.54, 1.807) is 36.4 Å². The number of piperidine rings is 1. The van der Waals surface area contributed by atoms with E-state index in [1.165, 1.54) is 24.6 Å². The number of carbonyl (C=O) groups excluding carboxylic acids is 1. The quantitative estimate of drug-likeness (QED) is 0.283. The van der Waals surface area contributed by atoms with Crippen molar-refractivity contribution in [3.8, 4) is 11.3 Å². The van der Waals surface area contributed by atoms with Gasteiger partial charge in [-0.2, -0.15) is 0 Å². The van der Waals surface area contributed by atoms with Crippen LogP contribution in [-0.2, 0) is 4.79 Å². The van der Waals surface area contributed by atoms with Crippen LogP contribution in [0.25, 0.3) is 17.4 Å². The average Bonchev–Trinajstić information content (AvgIpc) is 3.27. The Labute approximate surface area is 214 Å². The van der Waals surface area contributed by atoms with E-state index in [-0.39, 0.29) is 11.0 Å². The Morgan fingerprint density at radius 1 is 1.06 bits per heavy atom. The van der Waals surface area contributed by atoms with Gasteiger partial charge in [-0.15, -0.1) is 0 Å². The van der Waals surface area contributed by atoms with Crippen molar-refractivity contribution >= 4 is 63.9 Å². The molecule has 1 aliphatic rings. The van der Waals surface area contributed by atoms with E-state index in [4.69, 9.17) is 39.8 Å². The first-order chi connectivity index (χ1) is 16.4. The summed E-state index contributed by atoms with van der Waals surface area (Å²) >= 11 is 17.4. The molecule has 0 atom stereocenters. The van der Waals surface area contributed by atoms with Crippen LogP contribution in [0.3, 0.4) is 0 Å². The molecule has 0 bridgehead atoms. The molecule has 1 aromatic heterocycles. The number of carbonyl (C=O) groups is 1. The number of thiocarbonyl (C=S) groups is 1. The van der Waals surface area contributed by atoms with Gasteiger partial charge in [-0.25, -0.2) is 0 Å². The van der Waals surface area contributed by atoms with Crippen molar-refractivity contribution in [1.29, 1.82) is 0 Å². The van der Waals surface area contributed by atoms with Crippen LogP contribution >= 0.6 is 35.4 Å². The Balaban J connectivity index is 1.28. The monoisotopic (exact) mass is 513 g/mol. The van der Waals surface area contributed by atoms with Crippen LogP contribution in [0.1, 0.15) is 25.5 Å². The highest BCUT2D eigenvalue weighted by Gasteiger charge is 2.16. The first-order valence-corrected chi connectivity index (χ1v) is 12.2. The highest BCUT2D eigenvalue weighted by atomic mass is 35.5. The van der Waals surface area contributed by atoms with E-state index in [1.807, 2.05) is 12.1 Å². The van der Waals surface area contributed by atoms with Gasteiger partial charge in [0.25, 0.3) is 0 Å². The van der Waals surface area contributed by atoms with Gasteiger partial charge >= 0.3 is 0 Å². The first kappa shape index (κ1) is 24.3. The number of hydrogen-bond donors (Lipinski definition) is 2. The minimum absolute atomic E-state index is 0.225. The number of nitrogens with zero attached hydrogens (tertiary/aromatic N) is 1. The van der Waals surface area contributed by atoms with Crippen LogP contribution in [0.5, 0.6) is 0 Å². The van der Waals surface area contributed by atoms with Crippen molar-refractivity contribution in [2.75, 3.05) is 23.3 Å². The Bertz CT molecular complexity index is 1180. The molecule has 3 aromatic rings. The van der Waals surface area contributed by atoms with Gasteiger partial charge in [0.1, 0.15) is 11.5 Å². The zero-order valence-corrected chi connectivity index (χ0v) is 21.0. The van der Waals surface area contributed by atoms with Crippen LogP contribution < -0.4 is 15.5 Å². The lowest BCUT2D eigenvalue weighted by Gasteiger charge is -2.32. The Morgan fingerprint density at radius 3 is 2.41 bits per heavy atom. The molecule has 0 radical (unpaired) electrons. The third-order valence-electron chi connectivity index (χ3n) is 5.68. The molecule has 2 aromatic carbocycles. The topological polar surface area (TPSA) is 57.5 Å². The van der Waals surface area contributed by atoms with Crippen molar-refractivity contribution in [2.24, 2.45) is 5.92 Å². The number of nitrogens with one attached hydrogen (secondary N) is 2. The minimum atomic E-state index is -0.361. The number of rotatable bonds is 5. The van der Waals surface area contributed by atoms with E-state index in [0.717, 1.165) is 30.3 Å². The molecule has 0 unspecified atom stereocenters. The summed E-state index contributed by atoms with van der Waals surface area (Å²) in [5, 5.41) is 6.95. The molecule has 176 valence electrons. The van der Waals surface area contributed by atoms with Gasteiger partial charge in [-0.1, -0.05) is 30.1 Å². The van der Waals surface area contributed by atoms with Gasteiger partial charge in [-0.3, -0.25) is 10.1 Å². The fourth-order valence-corrected chi connectivity index (χ4v) is 4.53. The molecule has 2 N–H and O–H groups in total. The number of amides is 1. The highest BCUT2D eigenvalue weighted by Crippen LogP contribution is 2.29. The number of anilines is 2. The third kappa shape index (κ3) is 6.63. The minimum Gasteiger partial charge on any atom is -0.457 e. The van der Waals surface area contributed by atoms with E-state index in [2.05, 4.69) is 34.6 Å². The standard InChI is InChI=1S/C26H25Cl2N3O2S/c1-17-10-12-31(13-11-17)22-4-2-21(3-5-22)29-26(34)30-25(32)9-7-23-6-8-24(33-23)18-14-19(27)16-20(28)15-18/h2-9,14-17H,10-13H2,1H3,(H2,29,30,32,34)/b9-7+. The first-order valence-electron chi connectivity index (χ1n) is 11.1. The molecule has 1 aliphatic heterocycles. The van der Waals surface area contributed by atoms with Crippen molar-refractivity contribution in [3.05, 3.63) is 76.5 Å². The van der Waals surface area contributed by atoms with Gasteiger partial charge in [0.2, 0.25) is 5.91 Å². The molecule has 0 aliphatic carbocycles. The fourth-order valence-electron chi connectivity index (χ4n) is 3.79. The fraction of sp³-hybridized carbons (Fsp3) is 0.231. The molecule has 8 heteroatoms. The smallest absolute Gasteiger partial charge is 0.250 e. The molecule has 4 rings (SSSR count). The van der Waals surface area contributed by atoms with Crippen LogP contribution in [-0.4, -0.2) is 24.1 Å². The second kappa shape index (κ2) is 11.1. The predicted octanol–water partition coefficient (Wildman–Crippen LogP) is 7.02. The highest BCUT2D eigenvalue weighted by molar-refractivity contribution is 7.80. The summed E-state index contributed by atoms with van der Waals surface area (Å²) in [6, 6.07) is 16.8. The predicted molar refractivity (Wildman–Crippen MR) is 145 cm³/mol. The van der Waals surface area contributed by atoms with Crippen molar-refractivity contribution < 1.29 is 9.21 Å². The lowest BCUT2D eigenvalue weighted by Crippen LogP contribution is -2.33. The van der Waals surface area contributed by atoms with Crippen LogP contribution in [0.15, 0.2) is 65.1 Å². The van der Waals surface area contributed by atoms with E-state index in [0.29, 0.717) is 21.6 Å². The van der Waals surface area contributed by atoms with Gasteiger partial charge in [0.05, 0.1) is 0 Å². The maximum atomic E-state index is 12.3. The van der Waals surface area contributed by atoms with Gasteiger partial charge in [0.15, 0.2) is 5.11 Å². The summed E-state index contributed by atoms with van der Waals surface area (Å²) in [4.78, 5) is 14.7. The molecule has 2 heterocycles. The molecule has 1 amide bonds. The molecule has 0 spiro atoms. The second-order valence-corrected chi connectivity index (χ2v) is 9.63. The summed E-state index contributed by atoms with van der Waals surface area (Å²) in [7, 11) is 0. The summed E-state index contributed by atoms with van der Waals surface area (Å²) < 4.78 is 5.76. The molecular weight excluding hydrogens is 489 g/mol. The summed E-state index contributed by atoms with van der Waals surface area (Å²) in [6.07, 6.45) is 5.37. The van der Waals surface area contributed by atoms with Crippen LogP contribution in [0, 0.1) is 5.92 Å². The number of benzene rings is 2. The molecular formula is C26H25Cl2N3O2S. The SMILES string of the molecule is CC1CCN(c2ccc(NC(=S)NC(=O)/C=C/c3ccc(-c4cc(Cl)cc(Cl)c4)o3)cc2)CC1. The van der Waals surface area contributed by atoms with Crippen LogP contribution in [0.2, 0.25) is 10.0 Å². The maximum Gasteiger partial charge on any atom is 0.250 e. The van der Waals surface area contributed by atoms with Crippen molar-refractivity contribution in [3.63, 3.8) is 0 Å². The summed E-state index contributed by atoms with van der Waals surface area (Å²) in [5.74, 6) is 1.55.